The molecule has 1 saturated heterocycles. The predicted molar refractivity (Wildman–Crippen MR) is 49.7 cm³/mol. The fourth-order valence-corrected chi connectivity index (χ4v) is 1.32. The summed E-state index contributed by atoms with van der Waals surface area (Å²) in [6, 6.07) is 0. The number of nitrogens with zero attached hydrogens (tertiary/aromatic N) is 1. The van der Waals surface area contributed by atoms with Gasteiger partial charge in [-0.25, -0.2) is 0 Å². The van der Waals surface area contributed by atoms with Gasteiger partial charge in [-0.05, 0) is 6.42 Å². The lowest BCUT2D eigenvalue weighted by Gasteiger charge is -2.25. The first-order valence-corrected chi connectivity index (χ1v) is 4.83. The Labute approximate surface area is 86.4 Å². The molecule has 0 saturated carbocycles. The van der Waals surface area contributed by atoms with Crippen molar-refractivity contribution in [3.05, 3.63) is 0 Å². The number of hydrogen-bond donors (Lipinski definition) is 1. The Morgan fingerprint density at radius 1 is 1.36 bits per heavy atom. The summed E-state index contributed by atoms with van der Waals surface area (Å²) in [7, 11) is 0. The predicted octanol–water partition coefficient (Wildman–Crippen LogP) is -0.510. The average Bonchev–Trinajstić information content (AvgIpc) is 2.12. The van der Waals surface area contributed by atoms with Gasteiger partial charge < -0.3 is 4.90 Å². The second kappa shape index (κ2) is 4.95. The van der Waals surface area contributed by atoms with E-state index in [0.717, 1.165) is 0 Å². The maximum Gasteiger partial charge on any atom is 0.246 e. The summed E-state index contributed by atoms with van der Waals surface area (Å²) >= 11 is 5.42. The zero-order valence-corrected chi connectivity index (χ0v) is 8.34. The highest BCUT2D eigenvalue weighted by Gasteiger charge is 2.25. The molecule has 6 heteroatoms. The number of carbonyl (C=O) groups is 3. The summed E-state index contributed by atoms with van der Waals surface area (Å²) in [4.78, 5) is 34.4. The first-order valence-electron chi connectivity index (χ1n) is 4.30. The number of amides is 3. The van der Waals surface area contributed by atoms with Gasteiger partial charge in [-0.15, -0.1) is 11.6 Å². The van der Waals surface area contributed by atoms with Gasteiger partial charge in [-0.2, -0.15) is 0 Å². The van der Waals surface area contributed by atoms with Crippen LogP contribution in [0.25, 0.3) is 0 Å². The van der Waals surface area contributed by atoms with Gasteiger partial charge in [0.25, 0.3) is 0 Å². The quantitative estimate of drug-likeness (QED) is 0.513. The molecule has 78 valence electrons. The van der Waals surface area contributed by atoms with Gasteiger partial charge in [0.1, 0.15) is 13.1 Å². The third-order valence-corrected chi connectivity index (χ3v) is 2.09. The highest BCUT2D eigenvalue weighted by molar-refractivity contribution is 6.17. The van der Waals surface area contributed by atoms with Gasteiger partial charge in [0.15, 0.2) is 0 Å². The van der Waals surface area contributed by atoms with Crippen LogP contribution in [0.4, 0.5) is 0 Å². The minimum absolute atomic E-state index is 0.0349. The molecule has 1 rings (SSSR count). The van der Waals surface area contributed by atoms with Gasteiger partial charge in [-0.3, -0.25) is 19.7 Å². The molecule has 1 N–H and O–H groups in total. The molecular formula is C8H11ClN2O3. The van der Waals surface area contributed by atoms with Gasteiger partial charge >= 0.3 is 0 Å². The van der Waals surface area contributed by atoms with Crippen LogP contribution in [0.3, 0.4) is 0 Å². The van der Waals surface area contributed by atoms with Crippen molar-refractivity contribution >= 4 is 29.3 Å². The van der Waals surface area contributed by atoms with E-state index in [4.69, 9.17) is 11.6 Å². The van der Waals surface area contributed by atoms with Gasteiger partial charge in [0.05, 0.1) is 0 Å². The van der Waals surface area contributed by atoms with Crippen LogP contribution < -0.4 is 5.32 Å². The van der Waals surface area contributed by atoms with Crippen LogP contribution in [0.1, 0.15) is 12.8 Å². The van der Waals surface area contributed by atoms with Crippen molar-refractivity contribution in [3.8, 4) is 0 Å². The molecular weight excluding hydrogens is 208 g/mol. The van der Waals surface area contributed by atoms with Crippen LogP contribution in [0.5, 0.6) is 0 Å². The maximum absolute atomic E-state index is 11.4. The van der Waals surface area contributed by atoms with Crippen molar-refractivity contribution in [2.45, 2.75) is 12.8 Å². The summed E-state index contributed by atoms with van der Waals surface area (Å²) < 4.78 is 0. The molecule has 0 aromatic heterocycles. The number of halogens is 1. The van der Waals surface area contributed by atoms with Crippen molar-refractivity contribution < 1.29 is 14.4 Å². The fraction of sp³-hybridized carbons (Fsp3) is 0.625. The van der Waals surface area contributed by atoms with E-state index in [-0.39, 0.29) is 25.4 Å². The maximum atomic E-state index is 11.4. The third kappa shape index (κ3) is 2.99. The number of alkyl halides is 1. The van der Waals surface area contributed by atoms with E-state index in [9.17, 15) is 14.4 Å². The molecule has 0 bridgehead atoms. The summed E-state index contributed by atoms with van der Waals surface area (Å²) in [5.41, 5.74) is 0. The van der Waals surface area contributed by atoms with E-state index in [1.165, 1.54) is 4.90 Å². The molecule has 0 atom stereocenters. The molecule has 1 heterocycles. The molecule has 0 aliphatic carbocycles. The van der Waals surface area contributed by atoms with E-state index in [0.29, 0.717) is 12.3 Å². The zero-order valence-electron chi connectivity index (χ0n) is 7.59. The summed E-state index contributed by atoms with van der Waals surface area (Å²) in [5.74, 6) is -0.658. The molecule has 1 fully saturated rings. The number of nitrogens with one attached hydrogen (secondary N) is 1. The zero-order chi connectivity index (χ0) is 10.6. The van der Waals surface area contributed by atoms with E-state index in [1.807, 2.05) is 0 Å². The lowest BCUT2D eigenvalue weighted by atomic mass is 10.2. The fourth-order valence-electron chi connectivity index (χ4n) is 1.19. The van der Waals surface area contributed by atoms with Gasteiger partial charge in [-0.1, -0.05) is 0 Å². The van der Waals surface area contributed by atoms with E-state index < -0.39 is 11.8 Å². The molecule has 0 unspecified atom stereocenters. The van der Waals surface area contributed by atoms with E-state index >= 15 is 0 Å². The van der Waals surface area contributed by atoms with Crippen molar-refractivity contribution in [2.24, 2.45) is 0 Å². The standard InChI is InChI=1S/C8H11ClN2O3/c9-3-1-2-8(14)11-4-6(12)10-7(13)5-11/h1-5H2,(H,10,12,13). The third-order valence-electron chi connectivity index (χ3n) is 1.82. The lowest BCUT2D eigenvalue weighted by molar-refractivity contribution is -0.145. The van der Waals surface area contributed by atoms with Crippen LogP contribution in [-0.4, -0.2) is 41.6 Å². The van der Waals surface area contributed by atoms with E-state index in [1.54, 1.807) is 0 Å². The Balaban J connectivity index is 2.46. The molecule has 0 aromatic rings. The second-order valence-electron chi connectivity index (χ2n) is 3.01. The number of carbonyl (C=O) groups excluding carboxylic acids is 3. The Kier molecular flexibility index (Phi) is 3.88. The normalized spacial score (nSPS) is 16.8. The Morgan fingerprint density at radius 3 is 2.43 bits per heavy atom. The number of imide groups is 1. The molecule has 3 amide bonds. The monoisotopic (exact) mass is 218 g/mol. The molecule has 0 spiro atoms. The largest absolute Gasteiger partial charge is 0.324 e. The molecule has 5 nitrogen and oxygen atoms in total. The Bertz CT molecular complexity index is 251. The van der Waals surface area contributed by atoms with Crippen LogP contribution in [-0.2, 0) is 14.4 Å². The Morgan fingerprint density at radius 2 is 1.93 bits per heavy atom. The number of piperazine rings is 1. The van der Waals surface area contributed by atoms with Gasteiger partial charge in [0, 0.05) is 12.3 Å². The summed E-state index contributed by atoms with van der Waals surface area (Å²) in [6.07, 6.45) is 0.844. The molecule has 0 radical (unpaired) electrons. The SMILES string of the molecule is O=C1CN(C(=O)CCCCl)CC(=O)N1. The minimum atomic E-state index is -0.430. The Hall–Kier alpha value is -1.10. The first kappa shape index (κ1) is 11.0. The number of rotatable bonds is 3. The van der Waals surface area contributed by atoms with Crippen molar-refractivity contribution in [1.29, 1.82) is 0 Å². The average molecular weight is 219 g/mol. The van der Waals surface area contributed by atoms with Crippen molar-refractivity contribution in [3.63, 3.8) is 0 Å². The highest BCUT2D eigenvalue weighted by atomic mass is 35.5. The van der Waals surface area contributed by atoms with Crippen LogP contribution in [0.15, 0.2) is 0 Å². The molecule has 1 aliphatic heterocycles. The molecule has 0 aromatic carbocycles. The first-order chi connectivity index (χ1) is 6.63. The second-order valence-corrected chi connectivity index (χ2v) is 3.39. The highest BCUT2D eigenvalue weighted by Crippen LogP contribution is 2.01. The summed E-state index contributed by atoms with van der Waals surface area (Å²) in [6.45, 7) is -0.0697. The minimum Gasteiger partial charge on any atom is -0.324 e. The van der Waals surface area contributed by atoms with Crippen molar-refractivity contribution in [1.82, 2.24) is 10.2 Å². The number of hydrogen-bond acceptors (Lipinski definition) is 3. The van der Waals surface area contributed by atoms with Crippen molar-refractivity contribution in [2.75, 3.05) is 19.0 Å². The molecule has 1 aliphatic rings. The van der Waals surface area contributed by atoms with Gasteiger partial charge in [0.2, 0.25) is 17.7 Å². The van der Waals surface area contributed by atoms with E-state index in [2.05, 4.69) is 5.32 Å². The van der Waals surface area contributed by atoms with Crippen LogP contribution >= 0.6 is 11.6 Å². The van der Waals surface area contributed by atoms with Crippen LogP contribution in [0.2, 0.25) is 0 Å². The topological polar surface area (TPSA) is 66.5 Å². The lowest BCUT2D eigenvalue weighted by Crippen LogP contribution is -2.53. The smallest absolute Gasteiger partial charge is 0.246 e. The van der Waals surface area contributed by atoms with Crippen LogP contribution in [0, 0.1) is 0 Å². The molecule has 14 heavy (non-hydrogen) atoms. The summed E-state index contributed by atoms with van der Waals surface area (Å²) in [5, 5.41) is 2.12.